The maximum atomic E-state index is 13.0. The van der Waals surface area contributed by atoms with E-state index in [1.807, 2.05) is 6.07 Å². The van der Waals surface area contributed by atoms with Gasteiger partial charge < -0.3 is 15.1 Å². The Morgan fingerprint density at radius 2 is 1.58 bits per heavy atom. The lowest BCUT2D eigenvalue weighted by atomic mass is 10.3. The molecule has 0 aliphatic carbocycles. The number of anilines is 1. The van der Waals surface area contributed by atoms with Crippen LogP contribution < -0.4 is 10.6 Å². The summed E-state index contributed by atoms with van der Waals surface area (Å²) in [5.41, 5.74) is 0.616. The molecule has 1 unspecified atom stereocenters. The molecule has 26 heavy (non-hydrogen) atoms. The van der Waals surface area contributed by atoms with E-state index in [1.54, 1.807) is 54.6 Å². The lowest BCUT2D eigenvalue weighted by Crippen LogP contribution is -2.34. The van der Waals surface area contributed by atoms with Gasteiger partial charge in [0, 0.05) is 12.2 Å². The van der Waals surface area contributed by atoms with Crippen LogP contribution >= 0.6 is 0 Å². The van der Waals surface area contributed by atoms with Crippen LogP contribution in [0.3, 0.4) is 0 Å². The second kappa shape index (κ2) is 7.88. The molecule has 2 amide bonds. The molecule has 1 heterocycles. The minimum atomic E-state index is -3.73. The standard InChI is InChI=1S/C19H18N2O4S/c22-19(21-15-8-3-1-4-9-15)20-14-18(17-12-7-13-25-17)26(23,24)16-10-5-2-6-11-16/h1-13,18H,14H2,(H2,20,21,22). The summed E-state index contributed by atoms with van der Waals surface area (Å²) in [6, 6.07) is 19.7. The van der Waals surface area contributed by atoms with Crippen LogP contribution in [0.2, 0.25) is 0 Å². The van der Waals surface area contributed by atoms with E-state index in [9.17, 15) is 13.2 Å². The van der Waals surface area contributed by atoms with Gasteiger partial charge in [-0.15, -0.1) is 0 Å². The van der Waals surface area contributed by atoms with Gasteiger partial charge in [0.1, 0.15) is 11.0 Å². The van der Waals surface area contributed by atoms with Crippen molar-refractivity contribution in [2.75, 3.05) is 11.9 Å². The summed E-state index contributed by atoms with van der Waals surface area (Å²) >= 11 is 0. The highest BCUT2D eigenvalue weighted by Gasteiger charge is 2.31. The smallest absolute Gasteiger partial charge is 0.319 e. The Labute approximate surface area is 151 Å². The summed E-state index contributed by atoms with van der Waals surface area (Å²) in [4.78, 5) is 12.3. The van der Waals surface area contributed by atoms with Gasteiger partial charge in [0.2, 0.25) is 0 Å². The number of para-hydroxylation sites is 1. The molecule has 6 nitrogen and oxygen atoms in total. The van der Waals surface area contributed by atoms with Crippen molar-refractivity contribution >= 4 is 21.6 Å². The third kappa shape index (κ3) is 4.12. The van der Waals surface area contributed by atoms with Gasteiger partial charge in [-0.1, -0.05) is 36.4 Å². The number of furan rings is 1. The van der Waals surface area contributed by atoms with Gasteiger partial charge in [-0.3, -0.25) is 0 Å². The SMILES string of the molecule is O=C(NCC(c1ccco1)S(=O)(=O)c1ccccc1)Nc1ccccc1. The predicted octanol–water partition coefficient (Wildman–Crippen LogP) is 3.62. The Kier molecular flexibility index (Phi) is 5.38. The summed E-state index contributed by atoms with van der Waals surface area (Å²) in [5.74, 6) is 0.272. The van der Waals surface area contributed by atoms with E-state index >= 15 is 0 Å². The average molecular weight is 370 g/mol. The van der Waals surface area contributed by atoms with Crippen LogP contribution in [0.1, 0.15) is 11.0 Å². The van der Waals surface area contributed by atoms with Gasteiger partial charge >= 0.3 is 6.03 Å². The molecule has 1 atom stereocenters. The largest absolute Gasteiger partial charge is 0.468 e. The molecule has 2 aromatic carbocycles. The van der Waals surface area contributed by atoms with E-state index in [4.69, 9.17) is 4.42 Å². The second-order valence-corrected chi connectivity index (χ2v) is 7.69. The summed E-state index contributed by atoms with van der Waals surface area (Å²) < 4.78 is 31.2. The van der Waals surface area contributed by atoms with E-state index in [-0.39, 0.29) is 17.2 Å². The van der Waals surface area contributed by atoms with Gasteiger partial charge in [-0.25, -0.2) is 13.2 Å². The van der Waals surface area contributed by atoms with Crippen molar-refractivity contribution in [3.05, 3.63) is 84.8 Å². The summed E-state index contributed by atoms with van der Waals surface area (Å²) in [7, 11) is -3.73. The van der Waals surface area contributed by atoms with Crippen molar-refractivity contribution in [1.82, 2.24) is 5.32 Å². The Morgan fingerprint density at radius 1 is 0.923 bits per heavy atom. The Morgan fingerprint density at radius 3 is 2.19 bits per heavy atom. The van der Waals surface area contributed by atoms with Crippen LogP contribution in [0.5, 0.6) is 0 Å². The molecular formula is C19H18N2O4S. The van der Waals surface area contributed by atoms with E-state index in [0.29, 0.717) is 5.69 Å². The molecule has 7 heteroatoms. The van der Waals surface area contributed by atoms with Crippen LogP contribution in [0.4, 0.5) is 10.5 Å². The van der Waals surface area contributed by atoms with E-state index < -0.39 is 21.1 Å². The van der Waals surface area contributed by atoms with E-state index in [1.165, 1.54) is 18.4 Å². The van der Waals surface area contributed by atoms with Crippen LogP contribution in [0, 0.1) is 0 Å². The number of hydrogen-bond donors (Lipinski definition) is 2. The first-order valence-corrected chi connectivity index (χ1v) is 9.54. The molecule has 3 rings (SSSR count). The highest BCUT2D eigenvalue weighted by atomic mass is 32.2. The Bertz CT molecular complexity index is 940. The fourth-order valence-electron chi connectivity index (χ4n) is 2.49. The quantitative estimate of drug-likeness (QED) is 0.694. The average Bonchev–Trinajstić information content (AvgIpc) is 3.17. The maximum Gasteiger partial charge on any atom is 0.319 e. The molecule has 2 N–H and O–H groups in total. The number of amides is 2. The number of hydrogen-bond acceptors (Lipinski definition) is 4. The zero-order chi connectivity index (χ0) is 18.4. The number of carbonyl (C=O) groups excluding carboxylic acids is 1. The lowest BCUT2D eigenvalue weighted by Gasteiger charge is -2.17. The monoisotopic (exact) mass is 370 g/mol. The molecule has 0 bridgehead atoms. The molecule has 134 valence electrons. The Balaban J connectivity index is 1.77. The molecule has 0 aliphatic rings. The summed E-state index contributed by atoms with van der Waals surface area (Å²) in [6.45, 7) is -0.122. The molecule has 0 fully saturated rings. The highest BCUT2D eigenvalue weighted by molar-refractivity contribution is 7.91. The van der Waals surface area contributed by atoms with Crippen molar-refractivity contribution in [2.45, 2.75) is 10.1 Å². The van der Waals surface area contributed by atoms with Crippen LogP contribution in [-0.4, -0.2) is 21.0 Å². The normalized spacial score (nSPS) is 12.3. The first kappa shape index (κ1) is 17.8. The third-order valence-corrected chi connectivity index (χ3v) is 5.86. The van der Waals surface area contributed by atoms with Crippen molar-refractivity contribution in [1.29, 1.82) is 0 Å². The zero-order valence-electron chi connectivity index (χ0n) is 13.8. The lowest BCUT2D eigenvalue weighted by molar-refractivity contribution is 0.252. The van der Waals surface area contributed by atoms with Gasteiger partial charge in [-0.2, -0.15) is 0 Å². The molecule has 0 spiro atoms. The van der Waals surface area contributed by atoms with Crippen LogP contribution in [0.15, 0.2) is 88.4 Å². The van der Waals surface area contributed by atoms with Crippen LogP contribution in [0.25, 0.3) is 0 Å². The zero-order valence-corrected chi connectivity index (χ0v) is 14.6. The number of urea groups is 1. The molecule has 3 aromatic rings. The predicted molar refractivity (Wildman–Crippen MR) is 98.5 cm³/mol. The van der Waals surface area contributed by atoms with Crippen LogP contribution in [-0.2, 0) is 9.84 Å². The minimum absolute atomic E-state index is 0.122. The number of rotatable bonds is 6. The van der Waals surface area contributed by atoms with Gasteiger partial charge in [0.15, 0.2) is 9.84 Å². The molecular weight excluding hydrogens is 352 g/mol. The van der Waals surface area contributed by atoms with Crippen molar-refractivity contribution < 1.29 is 17.6 Å². The maximum absolute atomic E-state index is 13.0. The summed E-state index contributed by atoms with van der Waals surface area (Å²) in [6.07, 6.45) is 1.41. The molecule has 0 saturated heterocycles. The van der Waals surface area contributed by atoms with Gasteiger partial charge in [0.05, 0.1) is 11.2 Å². The first-order valence-electron chi connectivity index (χ1n) is 7.99. The summed E-state index contributed by atoms with van der Waals surface area (Å²) in [5, 5.41) is 4.24. The number of sulfone groups is 1. The number of carbonyl (C=O) groups is 1. The van der Waals surface area contributed by atoms with Crippen molar-refractivity contribution in [3.63, 3.8) is 0 Å². The molecule has 1 aromatic heterocycles. The topological polar surface area (TPSA) is 88.4 Å². The molecule has 0 aliphatic heterocycles. The van der Waals surface area contributed by atoms with Crippen molar-refractivity contribution in [3.8, 4) is 0 Å². The highest BCUT2D eigenvalue weighted by Crippen LogP contribution is 2.28. The fourth-order valence-corrected chi connectivity index (χ4v) is 4.10. The number of nitrogens with one attached hydrogen (secondary N) is 2. The minimum Gasteiger partial charge on any atom is -0.468 e. The fraction of sp³-hybridized carbons (Fsp3) is 0.105. The second-order valence-electron chi connectivity index (χ2n) is 5.56. The van der Waals surface area contributed by atoms with Gasteiger partial charge in [-0.05, 0) is 36.4 Å². The number of benzene rings is 2. The first-order chi connectivity index (χ1) is 12.6. The van der Waals surface area contributed by atoms with Crippen molar-refractivity contribution in [2.24, 2.45) is 0 Å². The van der Waals surface area contributed by atoms with E-state index in [0.717, 1.165) is 0 Å². The van der Waals surface area contributed by atoms with Gasteiger partial charge in [0.25, 0.3) is 0 Å². The molecule has 0 radical (unpaired) electrons. The van der Waals surface area contributed by atoms with E-state index in [2.05, 4.69) is 10.6 Å². The third-order valence-electron chi connectivity index (χ3n) is 3.79. The molecule has 0 saturated carbocycles. The Hall–Kier alpha value is -3.06.